The molecule has 2 unspecified atom stereocenters. The third-order valence-electron chi connectivity index (χ3n) is 7.44. The van der Waals surface area contributed by atoms with Crippen LogP contribution < -0.4 is 10.6 Å². The molecule has 0 radical (unpaired) electrons. The van der Waals surface area contributed by atoms with Crippen molar-refractivity contribution in [3.05, 3.63) is 117 Å². The molecule has 0 aromatic heterocycles. The molecule has 4 aliphatic carbocycles. The fraction of sp³-hybridized carbons (Fsp3) is 0.200. The van der Waals surface area contributed by atoms with Crippen LogP contribution in [0.25, 0.3) is 12.2 Å². The minimum atomic E-state index is -1.60. The van der Waals surface area contributed by atoms with E-state index >= 15 is 0 Å². The molecule has 0 fully saturated rings. The largest absolute Gasteiger partial charge is 0.109 e. The second-order valence-corrected chi connectivity index (χ2v) is 13.5. The van der Waals surface area contributed by atoms with Crippen LogP contribution in [0, 0.1) is 13.8 Å². The normalized spacial score (nSPS) is 22.1. The molecule has 0 nitrogen and oxygen atoms in total. The van der Waals surface area contributed by atoms with Crippen LogP contribution >= 0.6 is 7.26 Å². The topological polar surface area (TPSA) is 0 Å². The molecule has 31 heavy (non-hydrogen) atoms. The molecule has 2 aromatic carbocycles. The molecule has 0 saturated heterocycles. The van der Waals surface area contributed by atoms with E-state index in [1.807, 2.05) is 0 Å². The summed E-state index contributed by atoms with van der Waals surface area (Å²) in [5.74, 6) is 0.837. The summed E-state index contributed by atoms with van der Waals surface area (Å²) < 4.78 is 0. The molecule has 0 amide bonds. The van der Waals surface area contributed by atoms with Gasteiger partial charge in [-0.3, -0.25) is 0 Å². The summed E-state index contributed by atoms with van der Waals surface area (Å²) in [6.45, 7) is 9.70. The summed E-state index contributed by atoms with van der Waals surface area (Å²) in [5.41, 5.74) is 11.6. The summed E-state index contributed by atoms with van der Waals surface area (Å²) in [5, 5.41) is 3.18. The molecular weight excluding hydrogens is 391 g/mol. The molecular formula is C30H28P+. The van der Waals surface area contributed by atoms with E-state index in [-0.39, 0.29) is 0 Å². The van der Waals surface area contributed by atoms with E-state index in [9.17, 15) is 0 Å². The van der Waals surface area contributed by atoms with E-state index in [0.717, 1.165) is 0 Å². The number of allylic oxidation sites excluding steroid dienone is 10. The fourth-order valence-electron chi connectivity index (χ4n) is 6.20. The van der Waals surface area contributed by atoms with Crippen molar-refractivity contribution in [3.8, 4) is 0 Å². The molecule has 152 valence electrons. The highest BCUT2D eigenvalue weighted by molar-refractivity contribution is 7.88. The predicted molar refractivity (Wildman–Crippen MR) is 138 cm³/mol. The molecule has 1 heteroatoms. The van der Waals surface area contributed by atoms with Gasteiger partial charge in [0.05, 0.1) is 20.6 Å². The Hall–Kier alpha value is -2.69. The third-order valence-corrected chi connectivity index (χ3v) is 10.9. The first-order chi connectivity index (χ1) is 15.0. The number of hydrogen-bond acceptors (Lipinski definition) is 0. The summed E-state index contributed by atoms with van der Waals surface area (Å²) >= 11 is 0. The maximum atomic E-state index is 2.54. The average molecular weight is 420 g/mol. The Morgan fingerprint density at radius 1 is 0.613 bits per heavy atom. The minimum absolute atomic E-state index is 0.419. The zero-order valence-corrected chi connectivity index (χ0v) is 19.6. The number of fused-ring (bicyclic) bond motifs is 6. The van der Waals surface area contributed by atoms with Gasteiger partial charge in [0.25, 0.3) is 0 Å². The van der Waals surface area contributed by atoms with Crippen molar-refractivity contribution in [1.82, 2.24) is 0 Å². The number of hydrogen-bond donors (Lipinski definition) is 0. The summed E-state index contributed by atoms with van der Waals surface area (Å²) in [7, 11) is -1.60. The van der Waals surface area contributed by atoms with E-state index in [2.05, 4.69) is 112 Å². The summed E-state index contributed by atoms with van der Waals surface area (Å²) in [4.78, 5) is 0. The van der Waals surface area contributed by atoms with Crippen LogP contribution in [0.2, 0.25) is 0 Å². The highest BCUT2D eigenvalue weighted by atomic mass is 31.2. The Balaban J connectivity index is 1.60. The molecule has 2 atom stereocenters. The van der Waals surface area contributed by atoms with Crippen LogP contribution in [-0.4, -0.2) is 13.3 Å². The van der Waals surface area contributed by atoms with Crippen LogP contribution in [0.5, 0.6) is 0 Å². The number of aryl methyl sites for hydroxylation is 2. The van der Waals surface area contributed by atoms with Gasteiger partial charge in [-0.25, -0.2) is 0 Å². The van der Waals surface area contributed by atoms with Gasteiger partial charge < -0.3 is 0 Å². The minimum Gasteiger partial charge on any atom is -0.0726 e. The number of rotatable bonds is 2. The zero-order chi connectivity index (χ0) is 21.3. The van der Waals surface area contributed by atoms with Gasteiger partial charge in [0.1, 0.15) is 10.6 Å². The first kappa shape index (κ1) is 19.0. The molecule has 0 saturated carbocycles. The van der Waals surface area contributed by atoms with E-state index in [0.29, 0.717) is 11.8 Å². The first-order valence-corrected chi connectivity index (χ1v) is 13.9. The van der Waals surface area contributed by atoms with Crippen molar-refractivity contribution in [1.29, 1.82) is 0 Å². The van der Waals surface area contributed by atoms with Crippen molar-refractivity contribution >= 4 is 30.0 Å². The van der Waals surface area contributed by atoms with Crippen LogP contribution in [0.4, 0.5) is 0 Å². The Bertz CT molecular complexity index is 1220. The van der Waals surface area contributed by atoms with Crippen LogP contribution in [-0.2, 0) is 0 Å². The van der Waals surface area contributed by atoms with Crippen LogP contribution in [0.1, 0.15) is 45.2 Å². The molecule has 0 aliphatic heterocycles. The van der Waals surface area contributed by atoms with Crippen LogP contribution in [0.3, 0.4) is 0 Å². The zero-order valence-electron chi connectivity index (χ0n) is 18.7. The van der Waals surface area contributed by atoms with Gasteiger partial charge in [-0.1, -0.05) is 72.9 Å². The van der Waals surface area contributed by atoms with Crippen molar-refractivity contribution in [2.24, 2.45) is 0 Å². The van der Waals surface area contributed by atoms with Gasteiger partial charge in [-0.15, -0.1) is 0 Å². The standard InChI is InChI=1S/C30H28P/c1-19-13-15-25-23-11-7-5-9-21(23)17-27(25)29(19)31(3,4)30-20(2)14-16-26-24-12-8-6-10-22(24)18-28(26)30/h5-18,23-24H,1-4H3/q+1. The van der Waals surface area contributed by atoms with E-state index < -0.39 is 7.26 Å². The lowest BCUT2D eigenvalue weighted by molar-refractivity contribution is 1.05. The Kier molecular flexibility index (Phi) is 4.08. The van der Waals surface area contributed by atoms with Crippen molar-refractivity contribution in [2.75, 3.05) is 13.3 Å². The quantitative estimate of drug-likeness (QED) is 0.473. The molecule has 0 heterocycles. The highest BCUT2D eigenvalue weighted by Gasteiger charge is 2.43. The lowest BCUT2D eigenvalue weighted by Gasteiger charge is -2.26. The Morgan fingerprint density at radius 3 is 1.52 bits per heavy atom. The molecule has 0 N–H and O–H groups in total. The number of benzene rings is 2. The first-order valence-electron chi connectivity index (χ1n) is 11.2. The van der Waals surface area contributed by atoms with Crippen molar-refractivity contribution in [3.63, 3.8) is 0 Å². The average Bonchev–Trinajstić information content (AvgIpc) is 3.30. The highest BCUT2D eigenvalue weighted by Crippen LogP contribution is 2.56. The third kappa shape index (κ3) is 2.65. The van der Waals surface area contributed by atoms with Gasteiger partial charge in [-0.05, 0) is 59.4 Å². The molecule has 4 aliphatic rings. The monoisotopic (exact) mass is 419 g/mol. The maximum Gasteiger partial charge on any atom is 0.109 e. The lowest BCUT2D eigenvalue weighted by Crippen LogP contribution is -2.29. The Labute approximate surface area is 186 Å². The molecule has 0 bridgehead atoms. The second kappa shape index (κ2) is 6.65. The molecule has 6 rings (SSSR count). The van der Waals surface area contributed by atoms with Crippen molar-refractivity contribution in [2.45, 2.75) is 25.7 Å². The summed E-state index contributed by atoms with van der Waals surface area (Å²) in [6, 6.07) is 9.45. The summed E-state index contributed by atoms with van der Waals surface area (Å²) in [6.07, 6.45) is 22.9. The van der Waals surface area contributed by atoms with Gasteiger partial charge in [0, 0.05) is 23.0 Å². The fourth-order valence-corrected chi connectivity index (χ4v) is 9.92. The van der Waals surface area contributed by atoms with Gasteiger partial charge in [0.2, 0.25) is 0 Å². The second-order valence-electron chi connectivity index (χ2n) is 9.65. The van der Waals surface area contributed by atoms with E-state index in [4.69, 9.17) is 0 Å². The van der Waals surface area contributed by atoms with E-state index in [1.54, 1.807) is 10.6 Å². The molecule has 0 spiro atoms. The lowest BCUT2D eigenvalue weighted by atomic mass is 9.92. The van der Waals surface area contributed by atoms with Gasteiger partial charge in [0.15, 0.2) is 0 Å². The SMILES string of the molecule is Cc1ccc2c(c1[P+](C)(C)c1c(C)ccc3c1C=C1C=CC=CC13)C=C1C=CC=CC12. The smallest absolute Gasteiger partial charge is 0.0726 e. The van der Waals surface area contributed by atoms with Crippen molar-refractivity contribution < 1.29 is 0 Å². The maximum absolute atomic E-state index is 2.54. The predicted octanol–water partition coefficient (Wildman–Crippen LogP) is 6.74. The van der Waals surface area contributed by atoms with Crippen LogP contribution in [0.15, 0.2) is 84.0 Å². The Morgan fingerprint density at radius 2 is 1.06 bits per heavy atom. The molecule has 2 aromatic rings. The van der Waals surface area contributed by atoms with Gasteiger partial charge in [-0.2, -0.15) is 0 Å². The van der Waals surface area contributed by atoms with E-state index in [1.165, 1.54) is 44.5 Å². The van der Waals surface area contributed by atoms with Gasteiger partial charge >= 0.3 is 0 Å².